The number of nitrogens with one attached hydrogen (secondary N) is 1. The number of thioether (sulfide) groups is 1. The molecule has 0 radical (unpaired) electrons. The molecule has 31 heavy (non-hydrogen) atoms. The molecule has 0 bridgehead atoms. The predicted molar refractivity (Wildman–Crippen MR) is 128 cm³/mol. The van der Waals surface area contributed by atoms with Crippen molar-refractivity contribution in [1.82, 2.24) is 9.97 Å². The number of hydrogen-bond donors (Lipinski definition) is 1. The van der Waals surface area contributed by atoms with Crippen molar-refractivity contribution >= 4 is 50.7 Å². The number of carbonyl (C=O) groups is 2. The SMILES string of the molecule is CC(=O)c1cccc(NC(=O)C(C)Sc2ncnc3scc(-c4ccc(C)cc4)c23)c1. The monoisotopic (exact) mass is 447 g/mol. The van der Waals surface area contributed by atoms with Gasteiger partial charge in [0.15, 0.2) is 5.78 Å². The Morgan fingerprint density at radius 2 is 1.87 bits per heavy atom. The van der Waals surface area contributed by atoms with Crippen LogP contribution in [0.5, 0.6) is 0 Å². The van der Waals surface area contributed by atoms with Crippen LogP contribution in [-0.2, 0) is 4.79 Å². The van der Waals surface area contributed by atoms with Crippen LogP contribution >= 0.6 is 23.1 Å². The number of amides is 1. The molecule has 2 aromatic heterocycles. The van der Waals surface area contributed by atoms with E-state index in [1.165, 1.54) is 24.2 Å². The van der Waals surface area contributed by atoms with E-state index in [0.29, 0.717) is 11.3 Å². The van der Waals surface area contributed by atoms with Gasteiger partial charge >= 0.3 is 0 Å². The summed E-state index contributed by atoms with van der Waals surface area (Å²) < 4.78 is 0. The van der Waals surface area contributed by atoms with Crippen molar-refractivity contribution in [1.29, 1.82) is 0 Å². The molecule has 0 aliphatic heterocycles. The number of fused-ring (bicyclic) bond motifs is 1. The number of nitrogens with zero attached hydrogens (tertiary/aromatic N) is 2. The average Bonchev–Trinajstić information content (AvgIpc) is 3.19. The third-order valence-corrected chi connectivity index (χ3v) is 6.88. The first-order chi connectivity index (χ1) is 14.9. The lowest BCUT2D eigenvalue weighted by Crippen LogP contribution is -2.22. The maximum Gasteiger partial charge on any atom is 0.237 e. The van der Waals surface area contributed by atoms with Gasteiger partial charge in [-0.25, -0.2) is 9.97 Å². The molecule has 1 atom stereocenters. The number of aromatic nitrogens is 2. The lowest BCUT2D eigenvalue weighted by atomic mass is 10.1. The fourth-order valence-electron chi connectivity index (χ4n) is 3.16. The molecule has 1 N–H and O–H groups in total. The van der Waals surface area contributed by atoms with Crippen LogP contribution in [0.15, 0.2) is 65.3 Å². The number of thiophene rings is 1. The molecule has 1 unspecified atom stereocenters. The van der Waals surface area contributed by atoms with Gasteiger partial charge in [-0.2, -0.15) is 0 Å². The molecule has 0 spiro atoms. The predicted octanol–water partition coefficient (Wildman–Crippen LogP) is 5.99. The van der Waals surface area contributed by atoms with E-state index in [1.54, 1.807) is 41.9 Å². The number of aryl methyl sites for hydroxylation is 1. The van der Waals surface area contributed by atoms with E-state index < -0.39 is 0 Å². The summed E-state index contributed by atoms with van der Waals surface area (Å²) in [5.41, 5.74) is 4.55. The number of carbonyl (C=O) groups excluding carboxylic acids is 2. The first kappa shape index (κ1) is 21.2. The zero-order chi connectivity index (χ0) is 22.0. The Kier molecular flexibility index (Phi) is 6.15. The molecule has 0 aliphatic carbocycles. The molecule has 0 aliphatic rings. The quantitative estimate of drug-likeness (QED) is 0.223. The highest BCUT2D eigenvalue weighted by Crippen LogP contribution is 2.39. The van der Waals surface area contributed by atoms with Crippen LogP contribution in [-0.4, -0.2) is 26.9 Å². The van der Waals surface area contributed by atoms with Crippen molar-refractivity contribution in [3.05, 3.63) is 71.4 Å². The van der Waals surface area contributed by atoms with Crippen molar-refractivity contribution in [3.8, 4) is 11.1 Å². The fraction of sp³-hybridized carbons (Fsp3) is 0.167. The summed E-state index contributed by atoms with van der Waals surface area (Å²) in [6, 6.07) is 15.3. The molecular weight excluding hydrogens is 426 g/mol. The second-order valence-corrected chi connectivity index (χ2v) is 9.45. The van der Waals surface area contributed by atoms with Crippen LogP contribution in [0.25, 0.3) is 21.3 Å². The van der Waals surface area contributed by atoms with E-state index in [-0.39, 0.29) is 16.9 Å². The summed E-state index contributed by atoms with van der Waals surface area (Å²) in [7, 11) is 0. The summed E-state index contributed by atoms with van der Waals surface area (Å²) in [5.74, 6) is -0.187. The zero-order valence-corrected chi connectivity index (χ0v) is 19.0. The van der Waals surface area contributed by atoms with E-state index in [4.69, 9.17) is 0 Å². The third kappa shape index (κ3) is 4.68. The highest BCUT2D eigenvalue weighted by molar-refractivity contribution is 8.00. The second kappa shape index (κ2) is 8.99. The van der Waals surface area contributed by atoms with Gasteiger partial charge in [-0.1, -0.05) is 53.7 Å². The van der Waals surface area contributed by atoms with Gasteiger partial charge in [0.25, 0.3) is 0 Å². The van der Waals surface area contributed by atoms with Crippen molar-refractivity contribution < 1.29 is 9.59 Å². The minimum atomic E-state index is -0.384. The van der Waals surface area contributed by atoms with Crippen LogP contribution in [0.4, 0.5) is 5.69 Å². The second-order valence-electron chi connectivity index (χ2n) is 7.26. The largest absolute Gasteiger partial charge is 0.325 e. The topological polar surface area (TPSA) is 72.0 Å². The number of rotatable bonds is 6. The van der Waals surface area contributed by atoms with Crippen molar-refractivity contribution in [2.45, 2.75) is 31.0 Å². The lowest BCUT2D eigenvalue weighted by Gasteiger charge is -2.13. The van der Waals surface area contributed by atoms with E-state index in [2.05, 4.69) is 51.9 Å². The van der Waals surface area contributed by atoms with E-state index in [1.807, 2.05) is 6.92 Å². The first-order valence-electron chi connectivity index (χ1n) is 9.80. The molecule has 0 fully saturated rings. The fourth-order valence-corrected chi connectivity index (χ4v) is 5.08. The first-order valence-corrected chi connectivity index (χ1v) is 11.6. The molecule has 156 valence electrons. The van der Waals surface area contributed by atoms with Crippen LogP contribution in [0.2, 0.25) is 0 Å². The number of Topliss-reactive ketones (excluding diaryl/α,β-unsaturated/α-hetero) is 1. The molecule has 2 heterocycles. The molecule has 0 saturated heterocycles. The van der Waals surface area contributed by atoms with E-state index >= 15 is 0 Å². The van der Waals surface area contributed by atoms with Gasteiger partial charge < -0.3 is 5.32 Å². The highest BCUT2D eigenvalue weighted by atomic mass is 32.2. The third-order valence-electron chi connectivity index (χ3n) is 4.89. The van der Waals surface area contributed by atoms with Crippen molar-refractivity contribution in [2.24, 2.45) is 0 Å². The van der Waals surface area contributed by atoms with Gasteiger partial charge in [-0.15, -0.1) is 11.3 Å². The summed E-state index contributed by atoms with van der Waals surface area (Å²) in [6.07, 6.45) is 1.54. The van der Waals surface area contributed by atoms with Crippen molar-refractivity contribution in [3.63, 3.8) is 0 Å². The molecule has 0 saturated carbocycles. The van der Waals surface area contributed by atoms with Crippen molar-refractivity contribution in [2.75, 3.05) is 5.32 Å². The number of ketones is 1. The van der Waals surface area contributed by atoms with E-state index in [9.17, 15) is 9.59 Å². The Labute approximate surface area is 188 Å². The lowest BCUT2D eigenvalue weighted by molar-refractivity contribution is -0.115. The highest BCUT2D eigenvalue weighted by Gasteiger charge is 2.20. The minimum Gasteiger partial charge on any atom is -0.325 e. The van der Waals surface area contributed by atoms with Gasteiger partial charge in [-0.3, -0.25) is 9.59 Å². The normalized spacial score (nSPS) is 12.0. The Hall–Kier alpha value is -3.03. The maximum atomic E-state index is 12.8. The van der Waals surface area contributed by atoms with Gasteiger partial charge in [0, 0.05) is 22.2 Å². The Balaban J connectivity index is 1.58. The summed E-state index contributed by atoms with van der Waals surface area (Å²) >= 11 is 2.98. The number of hydrogen-bond acceptors (Lipinski definition) is 6. The summed E-state index contributed by atoms with van der Waals surface area (Å²) in [5, 5.41) is 6.36. The molecule has 4 aromatic rings. The Morgan fingerprint density at radius 1 is 1.10 bits per heavy atom. The van der Waals surface area contributed by atoms with Gasteiger partial charge in [0.1, 0.15) is 16.2 Å². The van der Waals surface area contributed by atoms with Gasteiger partial charge in [0.05, 0.1) is 10.6 Å². The number of anilines is 1. The minimum absolute atomic E-state index is 0.0389. The number of benzene rings is 2. The van der Waals surface area contributed by atoms with E-state index in [0.717, 1.165) is 26.4 Å². The average molecular weight is 448 g/mol. The molecule has 5 nitrogen and oxygen atoms in total. The molecule has 4 rings (SSSR count). The Bertz CT molecular complexity index is 1270. The molecule has 7 heteroatoms. The Morgan fingerprint density at radius 3 is 2.61 bits per heavy atom. The van der Waals surface area contributed by atoms with Crippen LogP contribution < -0.4 is 5.32 Å². The van der Waals surface area contributed by atoms with Crippen LogP contribution in [0, 0.1) is 6.92 Å². The molecular formula is C24H21N3O2S2. The summed E-state index contributed by atoms with van der Waals surface area (Å²) in [4.78, 5) is 34.2. The van der Waals surface area contributed by atoms with Crippen LogP contribution in [0.1, 0.15) is 29.8 Å². The van der Waals surface area contributed by atoms with Gasteiger partial charge in [-0.05, 0) is 38.5 Å². The zero-order valence-electron chi connectivity index (χ0n) is 17.4. The molecule has 2 aromatic carbocycles. The maximum absolute atomic E-state index is 12.8. The standard InChI is InChI=1S/C24H21N3O2S2/c1-14-7-9-17(10-8-14)20-12-30-23-21(20)24(26-13-25-23)31-16(3)22(29)27-19-6-4-5-18(11-19)15(2)28/h4-13,16H,1-3H3,(H,27,29). The van der Waals surface area contributed by atoms with Crippen LogP contribution in [0.3, 0.4) is 0 Å². The smallest absolute Gasteiger partial charge is 0.237 e. The summed E-state index contributed by atoms with van der Waals surface area (Å²) in [6.45, 7) is 5.42. The van der Waals surface area contributed by atoms with Gasteiger partial charge in [0.2, 0.25) is 5.91 Å². The molecule has 1 amide bonds.